The molecule has 2 amide bonds. The predicted octanol–water partition coefficient (Wildman–Crippen LogP) is 2.67. The van der Waals surface area contributed by atoms with E-state index in [1.165, 1.54) is 43.4 Å². The molecule has 6 nitrogen and oxygen atoms in total. The standard InChI is InChI=1S/C18H32N4O2.HI/c1-19-18(20-12-5-4-9-15-7-2-3-8-15)21-13-14-22-16(23)10-6-11-17(22)24;/h15H,2-14H2,1H3,(H2,19,20,21);1H. The molecular weight excluding hydrogens is 431 g/mol. The van der Waals surface area contributed by atoms with E-state index in [2.05, 4.69) is 15.6 Å². The molecule has 25 heavy (non-hydrogen) atoms. The van der Waals surface area contributed by atoms with E-state index in [0.29, 0.717) is 32.4 Å². The Morgan fingerprint density at radius 2 is 1.68 bits per heavy atom. The maximum atomic E-state index is 11.7. The fourth-order valence-corrected chi connectivity index (χ4v) is 3.62. The summed E-state index contributed by atoms with van der Waals surface area (Å²) in [6.45, 7) is 1.87. The number of carbonyl (C=O) groups excluding carboxylic acids is 2. The lowest BCUT2D eigenvalue weighted by Crippen LogP contribution is -2.46. The summed E-state index contributed by atoms with van der Waals surface area (Å²) in [6.07, 6.45) is 11.1. The van der Waals surface area contributed by atoms with Gasteiger partial charge in [0.2, 0.25) is 11.8 Å². The fourth-order valence-electron chi connectivity index (χ4n) is 3.62. The summed E-state index contributed by atoms with van der Waals surface area (Å²) in [4.78, 5) is 29.0. The summed E-state index contributed by atoms with van der Waals surface area (Å²) in [7, 11) is 1.74. The first kappa shape index (κ1) is 22.2. The van der Waals surface area contributed by atoms with Gasteiger partial charge in [0.1, 0.15) is 0 Å². The molecule has 0 aromatic heterocycles. The molecule has 144 valence electrons. The summed E-state index contributed by atoms with van der Waals surface area (Å²) in [5, 5.41) is 6.49. The van der Waals surface area contributed by atoms with Crippen LogP contribution in [0, 0.1) is 5.92 Å². The van der Waals surface area contributed by atoms with Gasteiger partial charge in [-0.15, -0.1) is 24.0 Å². The number of amides is 2. The molecule has 1 heterocycles. The number of hydrogen-bond acceptors (Lipinski definition) is 3. The molecule has 0 atom stereocenters. The van der Waals surface area contributed by atoms with Crippen LogP contribution in [0.5, 0.6) is 0 Å². The lowest BCUT2D eigenvalue weighted by atomic mass is 10.0. The van der Waals surface area contributed by atoms with Gasteiger partial charge >= 0.3 is 0 Å². The highest BCUT2D eigenvalue weighted by Crippen LogP contribution is 2.28. The minimum Gasteiger partial charge on any atom is -0.356 e. The fraction of sp³-hybridized carbons (Fsp3) is 0.833. The van der Waals surface area contributed by atoms with Crippen molar-refractivity contribution in [3.05, 3.63) is 0 Å². The molecule has 7 heteroatoms. The third-order valence-corrected chi connectivity index (χ3v) is 5.04. The van der Waals surface area contributed by atoms with E-state index in [9.17, 15) is 9.59 Å². The number of halogens is 1. The number of likely N-dealkylation sites (tertiary alicyclic amines) is 1. The second-order valence-corrected chi connectivity index (χ2v) is 6.86. The number of imide groups is 1. The zero-order valence-corrected chi connectivity index (χ0v) is 17.7. The molecule has 2 N–H and O–H groups in total. The van der Waals surface area contributed by atoms with Crippen LogP contribution in [0.1, 0.15) is 64.2 Å². The molecule has 0 bridgehead atoms. The van der Waals surface area contributed by atoms with Crippen molar-refractivity contribution in [2.75, 3.05) is 26.7 Å². The molecular formula is C18H33IN4O2. The number of guanidine groups is 1. The van der Waals surface area contributed by atoms with Gasteiger partial charge in [0, 0.05) is 39.5 Å². The molecule has 0 unspecified atom stereocenters. The van der Waals surface area contributed by atoms with Crippen molar-refractivity contribution in [3.63, 3.8) is 0 Å². The second kappa shape index (κ2) is 12.5. The third kappa shape index (κ3) is 7.92. The van der Waals surface area contributed by atoms with Crippen LogP contribution >= 0.6 is 24.0 Å². The molecule has 2 fully saturated rings. The topological polar surface area (TPSA) is 73.8 Å². The van der Waals surface area contributed by atoms with Crippen molar-refractivity contribution in [1.82, 2.24) is 15.5 Å². The van der Waals surface area contributed by atoms with Crippen LogP contribution < -0.4 is 10.6 Å². The smallest absolute Gasteiger partial charge is 0.229 e. The van der Waals surface area contributed by atoms with E-state index in [4.69, 9.17) is 0 Å². The molecule has 0 aromatic rings. The molecule has 2 rings (SSSR count). The Labute approximate surface area is 168 Å². The highest BCUT2D eigenvalue weighted by atomic mass is 127. The van der Waals surface area contributed by atoms with Gasteiger partial charge in [-0.1, -0.05) is 38.5 Å². The SMILES string of the molecule is CN=C(NCCCCC1CCCC1)NCCN1C(=O)CCCC1=O.I. The highest BCUT2D eigenvalue weighted by molar-refractivity contribution is 14.0. The summed E-state index contributed by atoms with van der Waals surface area (Å²) in [6, 6.07) is 0. The van der Waals surface area contributed by atoms with Crippen molar-refractivity contribution >= 4 is 41.8 Å². The number of nitrogens with zero attached hydrogens (tertiary/aromatic N) is 2. The summed E-state index contributed by atoms with van der Waals surface area (Å²) in [5.74, 6) is 1.60. The first-order valence-corrected chi connectivity index (χ1v) is 9.48. The van der Waals surface area contributed by atoms with Crippen molar-refractivity contribution in [2.24, 2.45) is 10.9 Å². The van der Waals surface area contributed by atoms with Crippen molar-refractivity contribution in [1.29, 1.82) is 0 Å². The normalized spacial score (nSPS) is 19.1. The van der Waals surface area contributed by atoms with Crippen LogP contribution in [-0.2, 0) is 9.59 Å². The van der Waals surface area contributed by atoms with E-state index in [-0.39, 0.29) is 35.8 Å². The molecule has 1 aliphatic carbocycles. The van der Waals surface area contributed by atoms with Gasteiger partial charge in [0.05, 0.1) is 0 Å². The molecule has 1 aliphatic heterocycles. The maximum Gasteiger partial charge on any atom is 0.229 e. The minimum absolute atomic E-state index is 0. The summed E-state index contributed by atoms with van der Waals surface area (Å²) in [5.41, 5.74) is 0. The number of unbranched alkanes of at least 4 members (excludes halogenated alkanes) is 1. The Morgan fingerprint density at radius 1 is 1.04 bits per heavy atom. The molecule has 1 saturated heterocycles. The number of carbonyl (C=O) groups is 2. The zero-order valence-electron chi connectivity index (χ0n) is 15.4. The van der Waals surface area contributed by atoms with Crippen LogP contribution in [0.25, 0.3) is 0 Å². The molecule has 0 radical (unpaired) electrons. The monoisotopic (exact) mass is 464 g/mol. The van der Waals surface area contributed by atoms with Crippen LogP contribution in [0.15, 0.2) is 4.99 Å². The molecule has 1 saturated carbocycles. The maximum absolute atomic E-state index is 11.7. The Balaban J connectivity index is 0.00000312. The highest BCUT2D eigenvalue weighted by Gasteiger charge is 2.25. The number of piperidine rings is 1. The Hall–Kier alpha value is -0.860. The average Bonchev–Trinajstić information content (AvgIpc) is 3.08. The van der Waals surface area contributed by atoms with Crippen molar-refractivity contribution in [3.8, 4) is 0 Å². The van der Waals surface area contributed by atoms with E-state index in [1.807, 2.05) is 0 Å². The van der Waals surface area contributed by atoms with E-state index in [1.54, 1.807) is 7.05 Å². The van der Waals surface area contributed by atoms with Crippen LogP contribution in [0.2, 0.25) is 0 Å². The molecule has 2 aliphatic rings. The summed E-state index contributed by atoms with van der Waals surface area (Å²) < 4.78 is 0. The first-order chi connectivity index (χ1) is 11.7. The number of aliphatic imine (C=N–C) groups is 1. The van der Waals surface area contributed by atoms with Gasteiger partial charge in [-0.2, -0.15) is 0 Å². The number of nitrogens with one attached hydrogen (secondary N) is 2. The van der Waals surface area contributed by atoms with Crippen LogP contribution in [0.3, 0.4) is 0 Å². The van der Waals surface area contributed by atoms with E-state index in [0.717, 1.165) is 24.8 Å². The predicted molar refractivity (Wildman–Crippen MR) is 111 cm³/mol. The second-order valence-electron chi connectivity index (χ2n) is 6.86. The third-order valence-electron chi connectivity index (χ3n) is 5.04. The van der Waals surface area contributed by atoms with Gasteiger partial charge < -0.3 is 10.6 Å². The first-order valence-electron chi connectivity index (χ1n) is 9.48. The number of hydrogen-bond donors (Lipinski definition) is 2. The Kier molecular flexibility index (Phi) is 11.1. The summed E-state index contributed by atoms with van der Waals surface area (Å²) >= 11 is 0. The molecule has 0 aromatic carbocycles. The largest absolute Gasteiger partial charge is 0.356 e. The quantitative estimate of drug-likeness (QED) is 0.191. The van der Waals surface area contributed by atoms with E-state index < -0.39 is 0 Å². The van der Waals surface area contributed by atoms with Crippen LogP contribution in [-0.4, -0.2) is 49.4 Å². The Morgan fingerprint density at radius 3 is 2.32 bits per heavy atom. The average molecular weight is 464 g/mol. The lowest BCUT2D eigenvalue weighted by molar-refractivity contribution is -0.147. The van der Waals surface area contributed by atoms with Gasteiger partial charge in [-0.25, -0.2) is 0 Å². The Bertz CT molecular complexity index is 434. The van der Waals surface area contributed by atoms with Crippen molar-refractivity contribution < 1.29 is 9.59 Å². The van der Waals surface area contributed by atoms with Gasteiger partial charge in [-0.05, 0) is 18.8 Å². The molecule has 0 spiro atoms. The number of rotatable bonds is 8. The lowest BCUT2D eigenvalue weighted by Gasteiger charge is -2.25. The van der Waals surface area contributed by atoms with E-state index >= 15 is 0 Å². The van der Waals surface area contributed by atoms with Crippen LogP contribution in [0.4, 0.5) is 0 Å². The van der Waals surface area contributed by atoms with Crippen molar-refractivity contribution in [2.45, 2.75) is 64.2 Å². The minimum atomic E-state index is -0.0529. The van der Waals surface area contributed by atoms with Gasteiger partial charge in [0.25, 0.3) is 0 Å². The van der Waals surface area contributed by atoms with Gasteiger partial charge in [-0.3, -0.25) is 19.5 Å². The van der Waals surface area contributed by atoms with Gasteiger partial charge in [0.15, 0.2) is 5.96 Å². The zero-order chi connectivity index (χ0) is 17.2.